The predicted molar refractivity (Wildman–Crippen MR) is 278 cm³/mol. The number of hydrogen-bond acceptors (Lipinski definition) is 0. The van der Waals surface area contributed by atoms with Crippen LogP contribution in [-0.2, 0) is 50.4 Å². The van der Waals surface area contributed by atoms with E-state index in [0.717, 1.165) is 12.8 Å². The second kappa shape index (κ2) is 16.8. The number of halogens is 2. The Hall–Kier alpha value is -3.87. The van der Waals surface area contributed by atoms with Crippen molar-refractivity contribution >= 4 is 20.2 Å². The van der Waals surface area contributed by atoms with Gasteiger partial charge >= 0.3 is 397 Å². The van der Waals surface area contributed by atoms with Crippen molar-refractivity contribution in [1.29, 1.82) is 0 Å². The van der Waals surface area contributed by atoms with Crippen LogP contribution in [-0.4, -0.2) is 3.21 Å². The first-order valence-corrected chi connectivity index (χ1v) is 33.8. The molecule has 0 bridgehead atoms. The molecule has 2 aliphatic carbocycles. The monoisotopic (exact) mass is 960 g/mol. The minimum atomic E-state index is -5.56. The van der Waals surface area contributed by atoms with Crippen molar-refractivity contribution in [3.63, 3.8) is 0 Å². The van der Waals surface area contributed by atoms with Crippen LogP contribution in [0.3, 0.4) is 0 Å². The Morgan fingerprint density at radius 1 is 0.438 bits per heavy atom. The third kappa shape index (κ3) is 8.77. The van der Waals surface area contributed by atoms with Gasteiger partial charge in [-0.3, -0.25) is 0 Å². The molecule has 0 unspecified atom stereocenters. The Kier molecular flexibility index (Phi) is 12.2. The van der Waals surface area contributed by atoms with Gasteiger partial charge in [-0.15, -0.1) is 0 Å². The van der Waals surface area contributed by atoms with E-state index in [1.165, 1.54) is 81.1 Å². The van der Waals surface area contributed by atoms with Gasteiger partial charge in [0.2, 0.25) is 0 Å². The van der Waals surface area contributed by atoms with E-state index >= 15 is 0 Å². The Labute approximate surface area is 393 Å². The van der Waals surface area contributed by atoms with Gasteiger partial charge < -0.3 is 0 Å². The average molecular weight is 963 g/mol. The summed E-state index contributed by atoms with van der Waals surface area (Å²) in [6.07, 6.45) is 10.4. The molecule has 0 amide bonds. The van der Waals surface area contributed by atoms with Gasteiger partial charge in [-0.2, -0.15) is 0 Å². The molecule has 0 aromatic heterocycles. The van der Waals surface area contributed by atoms with Gasteiger partial charge in [0, 0.05) is 0 Å². The summed E-state index contributed by atoms with van der Waals surface area (Å²) in [5.74, 6) is 0. The maximum absolute atomic E-state index is 9.16. The summed E-state index contributed by atoms with van der Waals surface area (Å²) in [7, 11) is 18.3. The van der Waals surface area contributed by atoms with Crippen LogP contribution in [0.5, 0.6) is 0 Å². The third-order valence-corrected chi connectivity index (χ3v) is 35.1. The fraction of sp³-hybridized carbons (Fsp3) is 0.328. The van der Waals surface area contributed by atoms with Crippen LogP contribution in [0.25, 0.3) is 33.4 Å². The van der Waals surface area contributed by atoms with E-state index in [1.807, 2.05) is 0 Å². The summed E-state index contributed by atoms with van der Waals surface area (Å²) in [5.41, 5.74) is 17.7. The van der Waals surface area contributed by atoms with E-state index in [9.17, 15) is 0 Å². The van der Waals surface area contributed by atoms with Gasteiger partial charge in [-0.25, -0.2) is 0 Å². The summed E-state index contributed by atoms with van der Waals surface area (Å²) in [5, 5.41) is 0. The quantitative estimate of drug-likeness (QED) is 0.143. The van der Waals surface area contributed by atoms with E-state index < -0.39 is 15.9 Å². The molecule has 330 valence electrons. The van der Waals surface area contributed by atoms with E-state index in [2.05, 4.69) is 241 Å². The van der Waals surface area contributed by atoms with Crippen molar-refractivity contribution in [2.75, 3.05) is 0 Å². The molecular formula is C61H68Cl2Zr. The third-order valence-electron chi connectivity index (χ3n) is 14.1. The summed E-state index contributed by atoms with van der Waals surface area (Å²) in [4.78, 5) is 0. The SMILES string of the molecule is CC(C)(C)c1ccc(-c2cc3c(cc2C(C)(C)C)-c2cc(C(C)(C)C)c(-c4ccc(C(C)(C)C)cc4)cc2[CH]3[Zr]([Cl])([Cl])(=[C](Cc2ccccc2)Cc2ccccc2)[CH]2C=CC=C2)cc1. The first kappa shape index (κ1) is 46.7. The summed E-state index contributed by atoms with van der Waals surface area (Å²) >= 11 is -5.56. The van der Waals surface area contributed by atoms with E-state index in [1.54, 1.807) is 0 Å². The summed E-state index contributed by atoms with van der Waals surface area (Å²) in [6.45, 7) is 27.9. The molecule has 64 heavy (non-hydrogen) atoms. The van der Waals surface area contributed by atoms with Crippen LogP contribution in [0, 0.1) is 0 Å². The number of allylic oxidation sites excluding steroid dienone is 4. The molecule has 0 spiro atoms. The van der Waals surface area contributed by atoms with Crippen LogP contribution >= 0.6 is 17.0 Å². The Morgan fingerprint density at radius 3 is 1.12 bits per heavy atom. The van der Waals surface area contributed by atoms with Crippen LogP contribution in [0.15, 0.2) is 158 Å². The van der Waals surface area contributed by atoms with Crippen LogP contribution in [0.1, 0.15) is 131 Å². The number of rotatable bonds is 8. The summed E-state index contributed by atoms with van der Waals surface area (Å²) in [6, 6.07) is 50.5. The van der Waals surface area contributed by atoms with Crippen molar-refractivity contribution in [1.82, 2.24) is 0 Å². The first-order valence-electron chi connectivity index (χ1n) is 23.4. The zero-order chi connectivity index (χ0) is 46.1. The standard InChI is InChI=1S/C41H49.C15H14.C5H5.2ClH.Zr/c1-38(2,3)30-17-13-26(14-18-30)34-22-28-21-29-23-35(27-15-19-31(20-16-27)39(4,5)6)37(41(10,11)12)25-33(29)32(28)24-36(34)40(7,8)9;1-3-8-14(9-4-1)12-7-13-15-10-5-2-6-11-15;1-2-4-5-3-1;;;/h13-25H,1-12H3;1-6,8-11H,12-13H2;1-5H;2*1H;/q;;;;;+2/p-2. The van der Waals surface area contributed by atoms with E-state index in [-0.39, 0.29) is 28.9 Å². The topological polar surface area (TPSA) is 0 Å². The minimum absolute atomic E-state index is 0.0509. The predicted octanol–water partition coefficient (Wildman–Crippen LogP) is 17.8. The summed E-state index contributed by atoms with van der Waals surface area (Å²) < 4.78 is 0.960. The number of fused-ring (bicyclic) bond motifs is 3. The van der Waals surface area contributed by atoms with Gasteiger partial charge in [0.15, 0.2) is 0 Å². The van der Waals surface area contributed by atoms with Gasteiger partial charge in [0.1, 0.15) is 0 Å². The van der Waals surface area contributed by atoms with Gasteiger partial charge in [-0.05, 0) is 0 Å². The zero-order valence-electron chi connectivity index (χ0n) is 40.3. The molecule has 0 N–H and O–H groups in total. The molecular weight excluding hydrogens is 895 g/mol. The van der Waals surface area contributed by atoms with Crippen LogP contribution < -0.4 is 0 Å². The molecule has 0 saturated carbocycles. The molecule has 0 saturated heterocycles. The molecule has 8 rings (SSSR count). The average Bonchev–Trinajstić information content (AvgIpc) is 3.90. The zero-order valence-corrected chi connectivity index (χ0v) is 44.3. The van der Waals surface area contributed by atoms with Crippen molar-refractivity contribution < 1.29 is 15.9 Å². The van der Waals surface area contributed by atoms with Crippen molar-refractivity contribution in [2.45, 2.75) is 125 Å². The fourth-order valence-electron chi connectivity index (χ4n) is 10.4. The van der Waals surface area contributed by atoms with Gasteiger partial charge in [-0.1, -0.05) is 0 Å². The van der Waals surface area contributed by atoms with E-state index in [4.69, 9.17) is 17.0 Å². The molecule has 0 radical (unpaired) electrons. The normalized spacial score (nSPS) is 14.9. The molecule has 6 aromatic carbocycles. The second-order valence-electron chi connectivity index (χ2n) is 22.9. The van der Waals surface area contributed by atoms with E-state index in [0.29, 0.717) is 0 Å². The molecule has 0 fully saturated rings. The Balaban J connectivity index is 1.53. The van der Waals surface area contributed by atoms with Crippen molar-refractivity contribution in [3.8, 4) is 33.4 Å². The number of benzene rings is 6. The Bertz CT molecular complexity index is 2640. The fourth-order valence-corrected chi connectivity index (χ4v) is 28.5. The molecule has 2 aliphatic rings. The Morgan fingerprint density at radius 2 is 0.797 bits per heavy atom. The van der Waals surface area contributed by atoms with Gasteiger partial charge in [0.25, 0.3) is 0 Å². The molecule has 0 aliphatic heterocycles. The van der Waals surface area contributed by atoms with Crippen molar-refractivity contribution in [3.05, 3.63) is 202 Å². The van der Waals surface area contributed by atoms with Crippen LogP contribution in [0.4, 0.5) is 0 Å². The van der Waals surface area contributed by atoms with Crippen molar-refractivity contribution in [2.24, 2.45) is 0 Å². The molecule has 0 heterocycles. The molecule has 0 nitrogen and oxygen atoms in total. The first-order chi connectivity index (χ1) is 29.9. The van der Waals surface area contributed by atoms with Crippen LogP contribution in [0.2, 0.25) is 3.63 Å². The number of hydrogen-bond donors (Lipinski definition) is 0. The molecule has 0 atom stereocenters. The molecule has 6 aromatic rings. The second-order valence-corrected chi connectivity index (χ2v) is 44.2. The molecule has 3 heteroatoms. The maximum atomic E-state index is 9.16. The van der Waals surface area contributed by atoms with Gasteiger partial charge in [0.05, 0.1) is 0 Å².